The second-order valence-corrected chi connectivity index (χ2v) is 4.00. The Bertz CT molecular complexity index is 511. The molecule has 5 heteroatoms. The van der Waals surface area contributed by atoms with Crippen molar-refractivity contribution in [2.45, 2.75) is 6.54 Å². The van der Waals surface area contributed by atoms with Crippen LogP contribution in [-0.2, 0) is 6.54 Å². The van der Waals surface area contributed by atoms with Crippen molar-refractivity contribution in [1.29, 1.82) is 0 Å². The van der Waals surface area contributed by atoms with E-state index in [2.05, 4.69) is 4.98 Å². The third-order valence-corrected chi connectivity index (χ3v) is 2.62. The van der Waals surface area contributed by atoms with Crippen LogP contribution in [-0.4, -0.2) is 22.8 Å². The minimum Gasteiger partial charge on any atom is -0.467 e. The van der Waals surface area contributed by atoms with Gasteiger partial charge in [0.15, 0.2) is 0 Å². The summed E-state index contributed by atoms with van der Waals surface area (Å²) in [4.78, 5) is 17.4. The largest absolute Gasteiger partial charge is 0.467 e. The molecule has 17 heavy (non-hydrogen) atoms. The van der Waals surface area contributed by atoms with Crippen LogP contribution in [0.4, 0.5) is 0 Å². The molecule has 0 atom stereocenters. The molecule has 4 nitrogen and oxygen atoms in total. The highest BCUT2D eigenvalue weighted by Gasteiger charge is 2.15. The molecule has 0 saturated carbocycles. The van der Waals surface area contributed by atoms with Crippen LogP contribution in [0.3, 0.4) is 0 Å². The normalized spacial score (nSPS) is 10.2. The van der Waals surface area contributed by atoms with Crippen LogP contribution in [0.1, 0.15) is 16.1 Å². The summed E-state index contributed by atoms with van der Waals surface area (Å²) in [7, 11) is 1.70. The van der Waals surface area contributed by atoms with Crippen molar-refractivity contribution in [3.63, 3.8) is 0 Å². The number of hydrogen-bond donors (Lipinski definition) is 0. The van der Waals surface area contributed by atoms with Gasteiger partial charge in [-0.05, 0) is 18.2 Å². The van der Waals surface area contributed by atoms with Crippen molar-refractivity contribution in [3.8, 4) is 0 Å². The van der Waals surface area contributed by atoms with Crippen LogP contribution in [0.5, 0.6) is 0 Å². The Balaban J connectivity index is 2.13. The first-order chi connectivity index (χ1) is 8.18. The summed E-state index contributed by atoms with van der Waals surface area (Å²) in [5.74, 6) is 0.569. The molecular weight excluding hydrogens is 240 g/mol. The highest BCUT2D eigenvalue weighted by molar-refractivity contribution is 6.33. The first-order valence-corrected chi connectivity index (χ1v) is 5.43. The lowest BCUT2D eigenvalue weighted by Crippen LogP contribution is -2.26. The van der Waals surface area contributed by atoms with Crippen LogP contribution in [0.15, 0.2) is 41.3 Å². The molecule has 0 bridgehead atoms. The fraction of sp³-hybridized carbons (Fsp3) is 0.167. The van der Waals surface area contributed by atoms with Gasteiger partial charge in [-0.15, -0.1) is 0 Å². The van der Waals surface area contributed by atoms with E-state index in [1.807, 2.05) is 6.07 Å². The Kier molecular flexibility index (Phi) is 3.44. The second-order valence-electron chi connectivity index (χ2n) is 3.60. The molecule has 0 unspecified atom stereocenters. The summed E-state index contributed by atoms with van der Waals surface area (Å²) < 4.78 is 5.18. The Hall–Kier alpha value is -1.81. The fourth-order valence-electron chi connectivity index (χ4n) is 1.46. The van der Waals surface area contributed by atoms with Gasteiger partial charge in [0.05, 0.1) is 23.4 Å². The average molecular weight is 251 g/mol. The fourth-order valence-corrected chi connectivity index (χ4v) is 1.66. The van der Waals surface area contributed by atoms with Crippen LogP contribution >= 0.6 is 11.6 Å². The van der Waals surface area contributed by atoms with E-state index in [0.29, 0.717) is 17.1 Å². The summed E-state index contributed by atoms with van der Waals surface area (Å²) >= 11 is 5.91. The Labute approximate surface area is 104 Å². The molecule has 0 radical (unpaired) electrons. The minimum atomic E-state index is -0.159. The predicted molar refractivity (Wildman–Crippen MR) is 63.8 cm³/mol. The Morgan fingerprint density at radius 3 is 3.00 bits per heavy atom. The van der Waals surface area contributed by atoms with Gasteiger partial charge in [-0.25, -0.2) is 0 Å². The molecule has 0 aromatic carbocycles. The van der Waals surface area contributed by atoms with Gasteiger partial charge in [0, 0.05) is 19.4 Å². The summed E-state index contributed by atoms with van der Waals surface area (Å²) in [6.45, 7) is 0.407. The van der Waals surface area contributed by atoms with Crippen LogP contribution in [0.2, 0.25) is 5.02 Å². The van der Waals surface area contributed by atoms with Crippen LogP contribution in [0, 0.1) is 0 Å². The van der Waals surface area contributed by atoms with Gasteiger partial charge in [0.2, 0.25) is 0 Å². The number of carbonyl (C=O) groups is 1. The average Bonchev–Trinajstić information content (AvgIpc) is 2.81. The summed E-state index contributed by atoms with van der Waals surface area (Å²) in [5, 5.41) is 0.351. The summed E-state index contributed by atoms with van der Waals surface area (Å²) in [5.41, 5.74) is 0.440. The molecule has 0 spiro atoms. The van der Waals surface area contributed by atoms with E-state index in [4.69, 9.17) is 16.0 Å². The number of hydrogen-bond acceptors (Lipinski definition) is 3. The SMILES string of the molecule is CN(Cc1ccco1)C(=O)c1ccncc1Cl. The van der Waals surface area contributed by atoms with Gasteiger partial charge in [-0.3, -0.25) is 9.78 Å². The molecule has 0 fully saturated rings. The monoisotopic (exact) mass is 250 g/mol. The van der Waals surface area contributed by atoms with Gasteiger partial charge in [-0.2, -0.15) is 0 Å². The number of nitrogens with zero attached hydrogens (tertiary/aromatic N) is 2. The van der Waals surface area contributed by atoms with Crippen LogP contribution < -0.4 is 0 Å². The highest BCUT2D eigenvalue weighted by atomic mass is 35.5. The molecule has 0 aliphatic rings. The van der Waals surface area contributed by atoms with Crippen molar-refractivity contribution in [2.75, 3.05) is 7.05 Å². The lowest BCUT2D eigenvalue weighted by atomic mass is 10.2. The maximum absolute atomic E-state index is 12.1. The number of rotatable bonds is 3. The zero-order valence-corrected chi connectivity index (χ0v) is 10.0. The second kappa shape index (κ2) is 5.01. The number of amides is 1. The molecule has 0 N–H and O–H groups in total. The topological polar surface area (TPSA) is 46.3 Å². The smallest absolute Gasteiger partial charge is 0.255 e. The number of furan rings is 1. The van der Waals surface area contributed by atoms with E-state index in [9.17, 15) is 4.79 Å². The predicted octanol–water partition coefficient (Wildman–Crippen LogP) is 2.60. The molecule has 2 aromatic heterocycles. The molecule has 0 aliphatic heterocycles. The van der Waals surface area contributed by atoms with Gasteiger partial charge < -0.3 is 9.32 Å². The summed E-state index contributed by atoms with van der Waals surface area (Å²) in [6.07, 6.45) is 4.57. The zero-order valence-electron chi connectivity index (χ0n) is 9.26. The van der Waals surface area contributed by atoms with Crippen LogP contribution in [0.25, 0.3) is 0 Å². The Morgan fingerprint density at radius 2 is 2.35 bits per heavy atom. The molecule has 2 aromatic rings. The third-order valence-electron chi connectivity index (χ3n) is 2.32. The molecule has 1 amide bonds. The van der Waals surface area contributed by atoms with Crippen molar-refractivity contribution in [3.05, 3.63) is 53.2 Å². The number of carbonyl (C=O) groups excluding carboxylic acids is 1. The number of halogens is 1. The standard InChI is InChI=1S/C12H11ClN2O2/c1-15(8-9-3-2-6-17-9)12(16)10-4-5-14-7-11(10)13/h2-7H,8H2,1H3. The van der Waals surface area contributed by atoms with Gasteiger partial charge in [-0.1, -0.05) is 11.6 Å². The minimum absolute atomic E-state index is 0.159. The lowest BCUT2D eigenvalue weighted by Gasteiger charge is -2.16. The summed E-state index contributed by atoms with van der Waals surface area (Å²) in [6, 6.07) is 5.20. The first kappa shape index (κ1) is 11.7. The van der Waals surface area contributed by atoms with E-state index in [1.54, 1.807) is 36.5 Å². The van der Waals surface area contributed by atoms with Crippen molar-refractivity contribution >= 4 is 17.5 Å². The number of pyridine rings is 1. The highest BCUT2D eigenvalue weighted by Crippen LogP contribution is 2.16. The lowest BCUT2D eigenvalue weighted by molar-refractivity contribution is 0.0775. The maximum Gasteiger partial charge on any atom is 0.255 e. The quantitative estimate of drug-likeness (QED) is 0.841. The molecule has 0 saturated heterocycles. The van der Waals surface area contributed by atoms with Gasteiger partial charge in [0.1, 0.15) is 5.76 Å². The molecule has 88 valence electrons. The maximum atomic E-state index is 12.1. The van der Waals surface area contributed by atoms with E-state index in [-0.39, 0.29) is 5.91 Å². The van der Waals surface area contributed by atoms with Crippen molar-refractivity contribution in [2.24, 2.45) is 0 Å². The number of aromatic nitrogens is 1. The third kappa shape index (κ3) is 2.65. The van der Waals surface area contributed by atoms with E-state index >= 15 is 0 Å². The zero-order chi connectivity index (χ0) is 12.3. The first-order valence-electron chi connectivity index (χ1n) is 5.06. The van der Waals surface area contributed by atoms with Gasteiger partial charge >= 0.3 is 0 Å². The van der Waals surface area contributed by atoms with Gasteiger partial charge in [0.25, 0.3) is 5.91 Å². The molecule has 2 rings (SSSR count). The van der Waals surface area contributed by atoms with E-state index in [0.717, 1.165) is 5.76 Å². The Morgan fingerprint density at radius 1 is 1.53 bits per heavy atom. The molecule has 0 aliphatic carbocycles. The van der Waals surface area contributed by atoms with Crippen molar-refractivity contribution < 1.29 is 9.21 Å². The van der Waals surface area contributed by atoms with E-state index in [1.165, 1.54) is 6.20 Å². The van der Waals surface area contributed by atoms with Crippen molar-refractivity contribution in [1.82, 2.24) is 9.88 Å². The molecular formula is C12H11ClN2O2. The van der Waals surface area contributed by atoms with E-state index < -0.39 is 0 Å². The molecule has 2 heterocycles.